The molecule has 1 aliphatic heterocycles. The van der Waals surface area contributed by atoms with Gasteiger partial charge in [-0.05, 0) is 13.8 Å². The van der Waals surface area contributed by atoms with Crippen molar-refractivity contribution in [1.29, 1.82) is 0 Å². The molecule has 0 aromatic carbocycles. The summed E-state index contributed by atoms with van der Waals surface area (Å²) in [5, 5.41) is 3.66. The lowest BCUT2D eigenvalue weighted by Gasteiger charge is -2.41. The number of halogens is 6. The van der Waals surface area contributed by atoms with Crippen LogP contribution in [0.4, 0.5) is 31.1 Å². The molecule has 0 saturated carbocycles. The third-order valence-corrected chi connectivity index (χ3v) is 6.51. The van der Waals surface area contributed by atoms with Gasteiger partial charge >= 0.3 is 18.6 Å². The number of hydrogen-bond donors (Lipinski definition) is 1. The second kappa shape index (κ2) is 10.7. The van der Waals surface area contributed by atoms with E-state index >= 15 is 0 Å². The van der Waals surface area contributed by atoms with Crippen molar-refractivity contribution in [2.24, 2.45) is 0 Å². The molecule has 1 N–H and O–H groups in total. The quantitative estimate of drug-likeness (QED) is 0.409. The molecule has 15 heteroatoms. The monoisotopic (exact) mass is 543 g/mol. The molecule has 8 nitrogen and oxygen atoms in total. The molecule has 2 atom stereocenters. The number of carbonyl (C=O) groups excluding carboxylic acids is 2. The van der Waals surface area contributed by atoms with Gasteiger partial charge in [0.15, 0.2) is 0 Å². The number of nitrogens with zero attached hydrogens (tertiary/aromatic N) is 2. The minimum Gasteiger partial charge on any atom is -0.474 e. The zero-order valence-corrected chi connectivity index (χ0v) is 20.1. The first-order valence-corrected chi connectivity index (χ1v) is 11.6. The van der Waals surface area contributed by atoms with Gasteiger partial charge < -0.3 is 19.7 Å². The van der Waals surface area contributed by atoms with E-state index in [2.05, 4.69) is 15.0 Å². The number of fused-ring (bicyclic) bond motifs is 1. The first-order chi connectivity index (χ1) is 16.7. The summed E-state index contributed by atoms with van der Waals surface area (Å²) in [5.74, 6) is -0.906. The minimum atomic E-state index is -4.84. The molecule has 0 unspecified atom stereocenters. The highest BCUT2D eigenvalue weighted by molar-refractivity contribution is 7.17. The Morgan fingerprint density at radius 2 is 1.78 bits per heavy atom. The number of alkyl halides is 6. The van der Waals surface area contributed by atoms with Gasteiger partial charge in [-0.25, -0.2) is 9.78 Å². The zero-order chi connectivity index (χ0) is 26.8. The Morgan fingerprint density at radius 1 is 1.14 bits per heavy atom. The summed E-state index contributed by atoms with van der Waals surface area (Å²) in [6, 6.07) is -0.213. The van der Waals surface area contributed by atoms with Crippen molar-refractivity contribution < 1.29 is 50.1 Å². The number of hydrogen-bond acceptors (Lipinski definition) is 7. The molecule has 1 aliphatic rings. The summed E-state index contributed by atoms with van der Waals surface area (Å²) >= 11 is 0.751. The molecule has 0 aliphatic carbocycles. The lowest BCUT2D eigenvalue weighted by Crippen LogP contribution is -2.52. The summed E-state index contributed by atoms with van der Waals surface area (Å²) in [6.07, 6.45) is -10.6. The molecule has 200 valence electrons. The van der Waals surface area contributed by atoms with E-state index in [0.717, 1.165) is 17.4 Å². The summed E-state index contributed by atoms with van der Waals surface area (Å²) in [4.78, 5) is 30.0. The number of piperidine rings is 1. The summed E-state index contributed by atoms with van der Waals surface area (Å²) in [5.41, 5.74) is -1.12. The maximum Gasteiger partial charge on any atom is 0.522 e. The predicted octanol–water partition coefficient (Wildman–Crippen LogP) is 4.97. The van der Waals surface area contributed by atoms with Gasteiger partial charge in [-0.3, -0.25) is 9.53 Å². The zero-order valence-electron chi connectivity index (χ0n) is 19.3. The Hall–Kier alpha value is -2.81. The van der Waals surface area contributed by atoms with Crippen LogP contribution in [0.2, 0.25) is 0 Å². The average molecular weight is 543 g/mol. The van der Waals surface area contributed by atoms with Gasteiger partial charge in [0.25, 0.3) is 5.91 Å². The topological polar surface area (TPSA) is 90.0 Å². The van der Waals surface area contributed by atoms with Crippen molar-refractivity contribution in [3.8, 4) is 5.88 Å². The molecule has 2 amide bonds. The number of carbonyl (C=O) groups is 2. The largest absolute Gasteiger partial charge is 0.522 e. The van der Waals surface area contributed by atoms with Gasteiger partial charge in [-0.15, -0.1) is 24.5 Å². The van der Waals surface area contributed by atoms with E-state index in [0.29, 0.717) is 0 Å². The van der Waals surface area contributed by atoms with E-state index in [1.807, 2.05) is 0 Å². The first kappa shape index (κ1) is 27.8. The molecule has 36 heavy (non-hydrogen) atoms. The third-order valence-electron chi connectivity index (χ3n) is 5.51. The van der Waals surface area contributed by atoms with Crippen LogP contribution in [0.1, 0.15) is 42.6 Å². The summed E-state index contributed by atoms with van der Waals surface area (Å²) < 4.78 is 91.3. The molecule has 2 aromatic rings. The molecular formula is C21H23F6N3O5S. The SMILES string of the molecule is CNC(=O)c1csc2c(C(F)(F)F)cc(OC3C[C@@H](C)N(C(=O)OCCOC(F)(F)F)[C@H](C)C3)nc12. The number of aromatic nitrogens is 1. The Morgan fingerprint density at radius 3 is 2.33 bits per heavy atom. The van der Waals surface area contributed by atoms with Crippen LogP contribution in [0.5, 0.6) is 5.88 Å². The Kier molecular flexibility index (Phi) is 8.23. The van der Waals surface area contributed by atoms with Crippen molar-refractivity contribution in [1.82, 2.24) is 15.2 Å². The predicted molar refractivity (Wildman–Crippen MR) is 116 cm³/mol. The van der Waals surface area contributed by atoms with E-state index in [-0.39, 0.29) is 34.5 Å². The minimum absolute atomic E-state index is 0.0118. The standard InChI is InChI=1S/C21H23F6N3O5S/c1-10-6-12(7-11(2)30(10)19(32)33-4-5-34-21(25,26)27)35-15-8-14(20(22,23)24)17-16(29-15)13(9-36-17)18(31)28-3/h8-12H,4-7H2,1-3H3,(H,28,31)/t10-,11-/m1/s1. The first-order valence-electron chi connectivity index (χ1n) is 10.7. The molecule has 2 aromatic heterocycles. The Labute approximate surface area is 205 Å². The van der Waals surface area contributed by atoms with Gasteiger partial charge in [0.2, 0.25) is 5.88 Å². The second-order valence-electron chi connectivity index (χ2n) is 8.14. The number of likely N-dealkylation sites (tertiary alicyclic amines) is 1. The summed E-state index contributed by atoms with van der Waals surface area (Å²) in [6.45, 7) is 1.85. The highest BCUT2D eigenvalue weighted by atomic mass is 32.1. The number of amides is 2. The van der Waals surface area contributed by atoms with Crippen molar-refractivity contribution >= 4 is 33.6 Å². The maximum atomic E-state index is 13.7. The number of nitrogens with one attached hydrogen (secondary N) is 1. The van der Waals surface area contributed by atoms with Crippen molar-refractivity contribution in [2.45, 2.75) is 57.4 Å². The van der Waals surface area contributed by atoms with Crippen LogP contribution in [0.15, 0.2) is 11.4 Å². The summed E-state index contributed by atoms with van der Waals surface area (Å²) in [7, 11) is 1.35. The Balaban J connectivity index is 1.74. The van der Waals surface area contributed by atoms with Gasteiger partial charge in [0.1, 0.15) is 12.7 Å². The van der Waals surface area contributed by atoms with Gasteiger partial charge in [0.05, 0.1) is 28.0 Å². The van der Waals surface area contributed by atoms with Crippen LogP contribution in [0.3, 0.4) is 0 Å². The van der Waals surface area contributed by atoms with Gasteiger partial charge in [-0.2, -0.15) is 13.2 Å². The van der Waals surface area contributed by atoms with E-state index in [1.165, 1.54) is 17.3 Å². The van der Waals surface area contributed by atoms with Gasteiger partial charge in [-0.1, -0.05) is 0 Å². The molecule has 0 bridgehead atoms. The molecular weight excluding hydrogens is 520 g/mol. The fourth-order valence-electron chi connectivity index (χ4n) is 4.06. The molecule has 3 heterocycles. The van der Waals surface area contributed by atoms with E-state index in [9.17, 15) is 35.9 Å². The van der Waals surface area contributed by atoms with Crippen molar-refractivity contribution in [3.63, 3.8) is 0 Å². The van der Waals surface area contributed by atoms with Crippen molar-refractivity contribution in [2.75, 3.05) is 20.3 Å². The molecule has 1 saturated heterocycles. The number of pyridine rings is 1. The van der Waals surface area contributed by atoms with E-state index in [1.54, 1.807) is 13.8 Å². The van der Waals surface area contributed by atoms with Gasteiger partial charge in [0, 0.05) is 43.4 Å². The van der Waals surface area contributed by atoms with Crippen molar-refractivity contribution in [3.05, 3.63) is 22.6 Å². The number of rotatable bonds is 6. The molecule has 0 spiro atoms. The lowest BCUT2D eigenvalue weighted by atomic mass is 9.95. The van der Waals surface area contributed by atoms with E-state index in [4.69, 9.17) is 9.47 Å². The smallest absolute Gasteiger partial charge is 0.474 e. The fraction of sp³-hybridized carbons (Fsp3) is 0.571. The third kappa shape index (κ3) is 6.49. The van der Waals surface area contributed by atoms with Crippen LogP contribution in [0.25, 0.3) is 10.2 Å². The van der Waals surface area contributed by atoms with Crippen LogP contribution in [-0.4, -0.2) is 66.7 Å². The number of ether oxygens (including phenoxy) is 3. The fourth-order valence-corrected chi connectivity index (χ4v) is 5.08. The highest BCUT2D eigenvalue weighted by Gasteiger charge is 2.38. The van der Waals surface area contributed by atoms with Crippen LogP contribution in [-0.2, 0) is 15.7 Å². The van der Waals surface area contributed by atoms with Crippen LogP contribution < -0.4 is 10.1 Å². The van der Waals surface area contributed by atoms with E-state index < -0.39 is 61.5 Å². The average Bonchev–Trinajstić information content (AvgIpc) is 3.17. The molecule has 3 rings (SSSR count). The Bertz CT molecular complexity index is 1090. The van der Waals surface area contributed by atoms with Crippen LogP contribution >= 0.6 is 11.3 Å². The molecule has 1 fully saturated rings. The van der Waals surface area contributed by atoms with Crippen LogP contribution in [0, 0.1) is 0 Å². The normalized spacial score (nSPS) is 20.9. The lowest BCUT2D eigenvalue weighted by molar-refractivity contribution is -0.326. The second-order valence-corrected chi connectivity index (χ2v) is 9.02. The number of thiophene rings is 1. The highest BCUT2D eigenvalue weighted by Crippen LogP contribution is 2.40. The maximum absolute atomic E-state index is 13.7. The molecule has 0 radical (unpaired) electrons.